The molecule has 6 nitrogen and oxygen atoms in total. The summed E-state index contributed by atoms with van der Waals surface area (Å²) in [5.41, 5.74) is 0.263. The number of carbonyl (C=O) groups excluding carboxylic acids is 1. The summed E-state index contributed by atoms with van der Waals surface area (Å²) in [5.74, 6) is -0.244. The number of piperidine rings is 1. The zero-order chi connectivity index (χ0) is 17.4. The number of nitrogens with one attached hydrogen (secondary N) is 1. The standard InChI is InChI=1S/C17H24N2O4S.ClH/c1-18-14-4-3-11-19(12-14)24(21,22)15-7-5-13(6-8-15)17(9-10-17)16(20)23-2;/h5-8,14,18H,3-4,9-12H2,1-2H3;1H. The molecule has 1 aromatic carbocycles. The maximum Gasteiger partial charge on any atom is 0.316 e. The van der Waals surface area contributed by atoms with Crippen LogP contribution in [0.1, 0.15) is 31.2 Å². The Hall–Kier alpha value is -1.15. The van der Waals surface area contributed by atoms with Crippen LogP contribution in [0.25, 0.3) is 0 Å². The number of nitrogens with zero attached hydrogens (tertiary/aromatic N) is 1. The molecule has 1 atom stereocenters. The van der Waals surface area contributed by atoms with Crippen LogP contribution in [0.5, 0.6) is 0 Å². The molecule has 1 heterocycles. The van der Waals surface area contributed by atoms with E-state index in [9.17, 15) is 13.2 Å². The van der Waals surface area contributed by atoms with Crippen LogP contribution >= 0.6 is 12.4 Å². The highest BCUT2D eigenvalue weighted by Gasteiger charge is 2.52. The van der Waals surface area contributed by atoms with Gasteiger partial charge in [0, 0.05) is 19.1 Å². The Morgan fingerprint density at radius 3 is 2.44 bits per heavy atom. The largest absolute Gasteiger partial charge is 0.468 e. The van der Waals surface area contributed by atoms with Crippen LogP contribution in [0.3, 0.4) is 0 Å². The molecule has 1 aromatic rings. The number of sulfonamides is 1. The fourth-order valence-corrected chi connectivity index (χ4v) is 4.95. The molecule has 0 bridgehead atoms. The predicted octanol–water partition coefficient (Wildman–Crippen LogP) is 1.69. The Bertz CT molecular complexity index is 717. The molecule has 1 unspecified atom stereocenters. The van der Waals surface area contributed by atoms with Gasteiger partial charge in [-0.15, -0.1) is 12.4 Å². The van der Waals surface area contributed by atoms with Crippen molar-refractivity contribution in [1.82, 2.24) is 9.62 Å². The van der Waals surface area contributed by atoms with Gasteiger partial charge >= 0.3 is 5.97 Å². The van der Waals surface area contributed by atoms with Crippen LogP contribution < -0.4 is 5.32 Å². The van der Waals surface area contributed by atoms with Crippen LogP contribution in [-0.4, -0.2) is 52.0 Å². The Balaban J connectivity index is 0.00000225. The fourth-order valence-electron chi connectivity index (χ4n) is 3.42. The molecule has 8 heteroatoms. The number of rotatable bonds is 5. The first kappa shape index (κ1) is 20.2. The highest BCUT2D eigenvalue weighted by Crippen LogP contribution is 2.49. The third kappa shape index (κ3) is 3.69. The van der Waals surface area contributed by atoms with Crippen molar-refractivity contribution in [2.45, 2.75) is 42.0 Å². The average molecular weight is 389 g/mol. The molecule has 1 aliphatic heterocycles. The zero-order valence-electron chi connectivity index (χ0n) is 14.5. The number of hydrogen-bond donors (Lipinski definition) is 1. The van der Waals surface area contributed by atoms with Gasteiger partial charge in [0.15, 0.2) is 0 Å². The first-order chi connectivity index (χ1) is 11.4. The highest BCUT2D eigenvalue weighted by molar-refractivity contribution is 7.89. The van der Waals surface area contributed by atoms with Crippen LogP contribution in [-0.2, 0) is 25.0 Å². The number of halogens is 1. The number of likely N-dealkylation sites (N-methyl/N-ethyl adjacent to an activating group) is 1. The molecule has 3 rings (SSSR count). The van der Waals surface area contributed by atoms with Gasteiger partial charge in [0.1, 0.15) is 0 Å². The van der Waals surface area contributed by atoms with Crippen molar-refractivity contribution < 1.29 is 17.9 Å². The van der Waals surface area contributed by atoms with E-state index in [4.69, 9.17) is 4.74 Å². The van der Waals surface area contributed by atoms with Gasteiger partial charge in [-0.2, -0.15) is 4.31 Å². The molecule has 0 aromatic heterocycles. The van der Waals surface area contributed by atoms with Gasteiger partial charge in [0.05, 0.1) is 17.4 Å². The number of ether oxygens (including phenoxy) is 1. The summed E-state index contributed by atoms with van der Waals surface area (Å²) >= 11 is 0. The molecule has 2 fully saturated rings. The number of benzene rings is 1. The second-order valence-corrected chi connectivity index (χ2v) is 8.53. The third-order valence-electron chi connectivity index (χ3n) is 5.16. The lowest BCUT2D eigenvalue weighted by molar-refractivity contribution is -0.143. The Morgan fingerprint density at radius 1 is 1.28 bits per heavy atom. The summed E-state index contributed by atoms with van der Waals surface area (Å²) < 4.78 is 32.1. The summed E-state index contributed by atoms with van der Waals surface area (Å²) in [6.45, 7) is 1.04. The summed E-state index contributed by atoms with van der Waals surface area (Å²) in [6.07, 6.45) is 3.35. The lowest BCUT2D eigenvalue weighted by atomic mass is 9.96. The minimum Gasteiger partial charge on any atom is -0.468 e. The lowest BCUT2D eigenvalue weighted by Crippen LogP contribution is -2.46. The molecule has 1 saturated heterocycles. The van der Waals surface area contributed by atoms with Crippen molar-refractivity contribution in [2.24, 2.45) is 0 Å². The van der Waals surface area contributed by atoms with Crippen LogP contribution in [0.2, 0.25) is 0 Å². The van der Waals surface area contributed by atoms with E-state index in [1.165, 1.54) is 7.11 Å². The molecule has 1 N–H and O–H groups in total. The minimum atomic E-state index is -3.50. The number of hydrogen-bond acceptors (Lipinski definition) is 5. The van der Waals surface area contributed by atoms with E-state index in [0.29, 0.717) is 13.1 Å². The van der Waals surface area contributed by atoms with Crippen molar-refractivity contribution in [3.05, 3.63) is 29.8 Å². The Kier molecular flexibility index (Phi) is 6.14. The van der Waals surface area contributed by atoms with Gasteiger partial charge in [-0.3, -0.25) is 4.79 Å². The topological polar surface area (TPSA) is 75.7 Å². The van der Waals surface area contributed by atoms with E-state index in [2.05, 4.69) is 5.32 Å². The average Bonchev–Trinajstić information content (AvgIpc) is 3.43. The zero-order valence-corrected chi connectivity index (χ0v) is 16.2. The second-order valence-electron chi connectivity index (χ2n) is 6.59. The third-order valence-corrected chi connectivity index (χ3v) is 7.04. The molecule has 140 valence electrons. The SMILES string of the molecule is CNC1CCCN(S(=O)(=O)c2ccc(C3(C(=O)OC)CC3)cc2)C1.Cl. The summed E-state index contributed by atoms with van der Waals surface area (Å²) in [7, 11) is -0.252. The fraction of sp³-hybridized carbons (Fsp3) is 0.588. The van der Waals surface area contributed by atoms with E-state index in [-0.39, 0.29) is 29.3 Å². The van der Waals surface area contributed by atoms with E-state index in [1.54, 1.807) is 28.6 Å². The van der Waals surface area contributed by atoms with Gasteiger partial charge in [-0.1, -0.05) is 12.1 Å². The maximum atomic E-state index is 12.8. The lowest BCUT2D eigenvalue weighted by Gasteiger charge is -2.31. The molecule has 0 spiro atoms. The highest BCUT2D eigenvalue weighted by atomic mass is 35.5. The van der Waals surface area contributed by atoms with Crippen molar-refractivity contribution in [2.75, 3.05) is 27.2 Å². The van der Waals surface area contributed by atoms with E-state index < -0.39 is 15.4 Å². The van der Waals surface area contributed by atoms with Gasteiger partial charge in [-0.25, -0.2) is 8.42 Å². The van der Waals surface area contributed by atoms with Gasteiger partial charge in [0.2, 0.25) is 10.0 Å². The normalized spacial score (nSPS) is 22.7. The van der Waals surface area contributed by atoms with Gasteiger partial charge in [0.25, 0.3) is 0 Å². The smallest absolute Gasteiger partial charge is 0.316 e. The van der Waals surface area contributed by atoms with Crippen molar-refractivity contribution in [1.29, 1.82) is 0 Å². The summed E-state index contributed by atoms with van der Waals surface area (Å²) in [6, 6.07) is 6.90. The first-order valence-electron chi connectivity index (χ1n) is 8.30. The predicted molar refractivity (Wildman–Crippen MR) is 97.5 cm³/mol. The first-order valence-corrected chi connectivity index (χ1v) is 9.74. The minimum absolute atomic E-state index is 0. The Morgan fingerprint density at radius 2 is 1.92 bits per heavy atom. The second kappa shape index (κ2) is 7.61. The number of esters is 1. The van der Waals surface area contributed by atoms with Crippen LogP contribution in [0.15, 0.2) is 29.2 Å². The molecule has 2 aliphatic rings. The quantitative estimate of drug-likeness (QED) is 0.777. The van der Waals surface area contributed by atoms with Crippen molar-refractivity contribution in [3.63, 3.8) is 0 Å². The number of carbonyl (C=O) groups is 1. The summed E-state index contributed by atoms with van der Waals surface area (Å²) in [4.78, 5) is 12.2. The molecular formula is C17H25ClN2O4S. The molecule has 1 aliphatic carbocycles. The van der Waals surface area contributed by atoms with Crippen LogP contribution in [0.4, 0.5) is 0 Å². The Labute approximate surface area is 155 Å². The van der Waals surface area contributed by atoms with E-state index in [1.807, 2.05) is 7.05 Å². The number of methoxy groups -OCH3 is 1. The van der Waals surface area contributed by atoms with Crippen molar-refractivity contribution >= 4 is 28.4 Å². The van der Waals surface area contributed by atoms with Gasteiger partial charge < -0.3 is 10.1 Å². The molecule has 0 radical (unpaired) electrons. The molecule has 25 heavy (non-hydrogen) atoms. The van der Waals surface area contributed by atoms with Crippen LogP contribution in [0, 0.1) is 0 Å². The van der Waals surface area contributed by atoms with Crippen molar-refractivity contribution in [3.8, 4) is 0 Å². The monoisotopic (exact) mass is 388 g/mol. The molecular weight excluding hydrogens is 364 g/mol. The summed E-state index contributed by atoms with van der Waals surface area (Å²) in [5, 5.41) is 3.16. The van der Waals surface area contributed by atoms with E-state index >= 15 is 0 Å². The molecule has 1 saturated carbocycles. The molecule has 0 amide bonds. The van der Waals surface area contributed by atoms with E-state index in [0.717, 1.165) is 31.2 Å². The van der Waals surface area contributed by atoms with Gasteiger partial charge in [-0.05, 0) is 50.4 Å². The maximum absolute atomic E-state index is 12.8.